The van der Waals surface area contributed by atoms with Crippen LogP contribution < -0.4 is 16.4 Å². The highest BCUT2D eigenvalue weighted by atomic mass is 35.5. The summed E-state index contributed by atoms with van der Waals surface area (Å²) in [6.07, 6.45) is 13.8. The number of nitrogens with zero attached hydrogens (tertiary/aromatic N) is 1. The summed E-state index contributed by atoms with van der Waals surface area (Å²) in [5, 5.41) is 9.92. The van der Waals surface area contributed by atoms with Crippen molar-refractivity contribution in [3.8, 4) is 0 Å². The number of carbonyl (C=O) groups is 1. The van der Waals surface area contributed by atoms with Gasteiger partial charge in [0, 0.05) is 57.5 Å². The molecule has 3 atom stereocenters. The Bertz CT molecular complexity index is 1610. The Balaban J connectivity index is 0.945. The molecule has 0 radical (unpaired) electrons. The summed E-state index contributed by atoms with van der Waals surface area (Å²) < 4.78 is 0. The maximum absolute atomic E-state index is 12.5. The van der Waals surface area contributed by atoms with Crippen LogP contribution in [-0.2, 0) is 17.6 Å². The fourth-order valence-corrected chi connectivity index (χ4v) is 7.21. The van der Waals surface area contributed by atoms with Crippen LogP contribution in [0, 0.1) is 5.92 Å². The number of allylic oxidation sites excluding steroid dienone is 2. The van der Waals surface area contributed by atoms with Crippen LogP contribution in [0.2, 0.25) is 5.02 Å². The molecule has 0 fully saturated rings. The topological polar surface area (TPSA) is 95.8 Å². The first-order valence-corrected chi connectivity index (χ1v) is 16.0. The fourth-order valence-electron chi connectivity index (χ4n) is 7.04. The third-order valence-corrected chi connectivity index (χ3v) is 9.25. The molecule has 2 aromatic carbocycles. The molecule has 2 aromatic heterocycles. The molecule has 2 aliphatic carbocycles. The van der Waals surface area contributed by atoms with Gasteiger partial charge in [0.2, 0.25) is 5.91 Å². The Hall–Kier alpha value is -3.35. The number of aromatic nitrogens is 2. The summed E-state index contributed by atoms with van der Waals surface area (Å²) in [6, 6.07) is 13.7. The van der Waals surface area contributed by atoms with Gasteiger partial charge in [0.15, 0.2) is 0 Å². The molecule has 0 saturated carbocycles. The fraction of sp³-hybridized carbons (Fsp3) is 0.429. The predicted molar refractivity (Wildman–Crippen MR) is 174 cm³/mol. The molecule has 4 aromatic rings. The largest absolute Gasteiger partial charge is 0.384 e. The van der Waals surface area contributed by atoms with Gasteiger partial charge in [-0.1, -0.05) is 60.7 Å². The number of carbonyl (C=O) groups excluding carboxylic acids is 1. The van der Waals surface area contributed by atoms with Crippen LogP contribution in [0.1, 0.15) is 74.6 Å². The first-order valence-electron chi connectivity index (χ1n) is 15.6. The van der Waals surface area contributed by atoms with Crippen molar-refractivity contribution in [2.24, 2.45) is 11.7 Å². The monoisotopic (exact) mass is 583 g/mol. The maximum Gasteiger partial charge on any atom is 0.237 e. The van der Waals surface area contributed by atoms with Gasteiger partial charge in [0.1, 0.15) is 0 Å². The average Bonchev–Trinajstić information content (AvgIpc) is 3.37. The number of H-pyrrole nitrogens is 1. The zero-order valence-corrected chi connectivity index (χ0v) is 25.3. The van der Waals surface area contributed by atoms with Crippen LogP contribution in [-0.4, -0.2) is 35.0 Å². The van der Waals surface area contributed by atoms with E-state index in [1.165, 1.54) is 34.3 Å². The number of benzene rings is 2. The van der Waals surface area contributed by atoms with E-state index in [1.54, 1.807) is 0 Å². The van der Waals surface area contributed by atoms with Gasteiger partial charge < -0.3 is 21.4 Å². The van der Waals surface area contributed by atoms with E-state index in [-0.39, 0.29) is 5.91 Å². The number of anilines is 1. The lowest BCUT2D eigenvalue weighted by Gasteiger charge is -2.36. The van der Waals surface area contributed by atoms with E-state index < -0.39 is 6.04 Å². The van der Waals surface area contributed by atoms with Gasteiger partial charge in [-0.05, 0) is 87.1 Å². The summed E-state index contributed by atoms with van der Waals surface area (Å²) in [5.41, 5.74) is 14.8. The number of nitrogens with two attached hydrogens (primary N) is 1. The number of hydrogen-bond donors (Lipinski definition) is 4. The lowest BCUT2D eigenvalue weighted by molar-refractivity contribution is -0.122. The molecule has 2 bridgehead atoms. The minimum absolute atomic E-state index is 0.0753. The highest BCUT2D eigenvalue weighted by molar-refractivity contribution is 6.31. The molecule has 2 aliphatic rings. The third-order valence-electron chi connectivity index (χ3n) is 9.01. The zero-order valence-electron chi connectivity index (χ0n) is 24.5. The van der Waals surface area contributed by atoms with Crippen LogP contribution in [0.5, 0.6) is 0 Å². The number of unbranched alkanes of at least 4 members (excludes halogenated alkanes) is 4. The summed E-state index contributed by atoms with van der Waals surface area (Å²) in [5.74, 6) is 1.08. The van der Waals surface area contributed by atoms with Crippen LogP contribution in [0.25, 0.3) is 21.8 Å². The molecule has 42 heavy (non-hydrogen) atoms. The van der Waals surface area contributed by atoms with Crippen molar-refractivity contribution < 1.29 is 4.79 Å². The SMILES string of the molecule is CC1=CC2Cc3nc4cc(Cl)ccc4c(NCCCCCCCNC(=O)[C@@H](N)Cc4c[nH]c5ccccc45)c3C(C1)C2. The van der Waals surface area contributed by atoms with E-state index in [0.717, 1.165) is 78.5 Å². The highest BCUT2D eigenvalue weighted by Crippen LogP contribution is 2.47. The Labute approximate surface area is 253 Å². The van der Waals surface area contributed by atoms with Crippen molar-refractivity contribution in [2.75, 3.05) is 18.4 Å². The van der Waals surface area contributed by atoms with Crippen molar-refractivity contribution in [2.45, 2.75) is 76.7 Å². The summed E-state index contributed by atoms with van der Waals surface area (Å²) in [6.45, 7) is 3.89. The molecule has 0 saturated heterocycles. The van der Waals surface area contributed by atoms with Gasteiger partial charge in [-0.25, -0.2) is 0 Å². The lowest BCUT2D eigenvalue weighted by Crippen LogP contribution is -2.42. The molecule has 6 rings (SSSR count). The van der Waals surface area contributed by atoms with E-state index >= 15 is 0 Å². The molecule has 0 spiro atoms. The van der Waals surface area contributed by atoms with Crippen molar-refractivity contribution in [1.82, 2.24) is 15.3 Å². The van der Waals surface area contributed by atoms with E-state index in [1.807, 2.05) is 36.5 Å². The Morgan fingerprint density at radius 2 is 1.88 bits per heavy atom. The average molecular weight is 584 g/mol. The molecular formula is C35H42ClN5O. The summed E-state index contributed by atoms with van der Waals surface area (Å²) >= 11 is 6.35. The first kappa shape index (κ1) is 28.8. The van der Waals surface area contributed by atoms with Crippen molar-refractivity contribution in [3.05, 3.63) is 82.2 Å². The van der Waals surface area contributed by atoms with E-state index in [0.29, 0.717) is 24.8 Å². The Morgan fingerprint density at radius 1 is 1.07 bits per heavy atom. The quantitative estimate of drug-likeness (QED) is 0.103. The van der Waals surface area contributed by atoms with E-state index in [4.69, 9.17) is 22.3 Å². The molecular weight excluding hydrogens is 542 g/mol. The number of hydrogen-bond acceptors (Lipinski definition) is 4. The number of fused-ring (bicyclic) bond motifs is 6. The molecule has 1 amide bonds. The Kier molecular flexibility index (Phi) is 8.82. The minimum atomic E-state index is -0.541. The number of aromatic amines is 1. The second kappa shape index (κ2) is 12.9. The van der Waals surface area contributed by atoms with Crippen molar-refractivity contribution in [3.63, 3.8) is 0 Å². The smallest absolute Gasteiger partial charge is 0.237 e. The van der Waals surface area contributed by atoms with Crippen molar-refractivity contribution >= 4 is 45.0 Å². The predicted octanol–water partition coefficient (Wildman–Crippen LogP) is 7.41. The second-order valence-corrected chi connectivity index (χ2v) is 12.7. The maximum atomic E-state index is 12.5. The van der Waals surface area contributed by atoms with Crippen LogP contribution in [0.15, 0.2) is 60.3 Å². The third kappa shape index (κ3) is 6.35. The molecule has 6 nitrogen and oxygen atoms in total. The van der Waals surface area contributed by atoms with Crippen LogP contribution in [0.3, 0.4) is 0 Å². The van der Waals surface area contributed by atoms with Gasteiger partial charge in [0.05, 0.1) is 11.6 Å². The molecule has 7 heteroatoms. The van der Waals surface area contributed by atoms with E-state index in [9.17, 15) is 4.79 Å². The van der Waals surface area contributed by atoms with E-state index in [2.05, 4.69) is 40.8 Å². The van der Waals surface area contributed by atoms with Gasteiger partial charge in [0.25, 0.3) is 0 Å². The molecule has 220 valence electrons. The van der Waals surface area contributed by atoms with Gasteiger partial charge in [-0.3, -0.25) is 9.78 Å². The minimum Gasteiger partial charge on any atom is -0.384 e. The highest BCUT2D eigenvalue weighted by Gasteiger charge is 2.33. The standard InChI is InChI=1S/C35H42ClN5O/c1-22-15-23-17-24(16-22)33-32(18-23)41-31-20-26(36)11-12-28(31)34(33)38-13-7-3-2-4-8-14-39-35(42)29(37)19-25-21-40-30-10-6-5-9-27(25)30/h5-6,9-12,15,20-21,23-24,29,40H,2-4,7-8,13-14,16-19,37H2,1H3,(H,38,41)(H,39,42)/t23?,24?,29-/m0/s1. The first-order chi connectivity index (χ1) is 20.5. The molecule has 2 unspecified atom stereocenters. The normalized spacial score (nSPS) is 18.5. The molecule has 0 aliphatic heterocycles. The van der Waals surface area contributed by atoms with Crippen LogP contribution in [0.4, 0.5) is 5.69 Å². The number of halogens is 1. The summed E-state index contributed by atoms with van der Waals surface area (Å²) in [4.78, 5) is 20.9. The Morgan fingerprint density at radius 3 is 2.76 bits per heavy atom. The number of nitrogens with one attached hydrogen (secondary N) is 3. The number of amides is 1. The van der Waals surface area contributed by atoms with Crippen LogP contribution >= 0.6 is 11.6 Å². The van der Waals surface area contributed by atoms with Gasteiger partial charge in [-0.2, -0.15) is 0 Å². The molecule has 5 N–H and O–H groups in total. The van der Waals surface area contributed by atoms with Gasteiger partial charge in [-0.15, -0.1) is 0 Å². The lowest BCUT2D eigenvalue weighted by atomic mass is 9.71. The zero-order chi connectivity index (χ0) is 29.1. The number of pyridine rings is 1. The number of para-hydroxylation sites is 1. The summed E-state index contributed by atoms with van der Waals surface area (Å²) in [7, 11) is 0. The van der Waals surface area contributed by atoms with Gasteiger partial charge >= 0.3 is 0 Å². The number of rotatable bonds is 12. The molecule has 2 heterocycles. The second-order valence-electron chi connectivity index (χ2n) is 12.3. The van der Waals surface area contributed by atoms with Crippen molar-refractivity contribution in [1.29, 1.82) is 0 Å².